The van der Waals surface area contributed by atoms with Gasteiger partial charge >= 0.3 is 5.97 Å². The van der Waals surface area contributed by atoms with Crippen molar-refractivity contribution in [3.8, 4) is 0 Å². The molecule has 0 fully saturated rings. The average Bonchev–Trinajstić information content (AvgIpc) is 3.06. The van der Waals surface area contributed by atoms with Crippen LogP contribution in [0.4, 0.5) is 10.7 Å². The molecule has 0 spiro atoms. The highest BCUT2D eigenvalue weighted by Crippen LogP contribution is 2.40. The van der Waals surface area contributed by atoms with Gasteiger partial charge in [0, 0.05) is 4.88 Å². The number of nitrogens with zero attached hydrogens (tertiary/aromatic N) is 2. The molecule has 23 heavy (non-hydrogen) atoms. The number of azo groups is 1. The summed E-state index contributed by atoms with van der Waals surface area (Å²) in [6, 6.07) is 0. The Bertz CT molecular complexity index is 815. The minimum absolute atomic E-state index is 0.228. The number of aromatic nitrogens is 2. The number of ether oxygens (including phenoxy) is 1. The van der Waals surface area contributed by atoms with Crippen LogP contribution in [0.1, 0.15) is 46.3 Å². The molecule has 0 amide bonds. The van der Waals surface area contributed by atoms with E-state index in [9.17, 15) is 9.59 Å². The highest BCUT2D eigenvalue weighted by Gasteiger charge is 2.26. The number of rotatable bonds is 4. The van der Waals surface area contributed by atoms with Gasteiger partial charge in [-0.05, 0) is 45.1 Å². The van der Waals surface area contributed by atoms with Crippen LogP contribution in [0.15, 0.2) is 15.0 Å². The number of hydrogen-bond donors (Lipinski definition) is 2. The molecule has 8 heteroatoms. The van der Waals surface area contributed by atoms with Crippen LogP contribution in [0.5, 0.6) is 0 Å². The number of carbonyl (C=O) groups excluding carboxylic acids is 1. The largest absolute Gasteiger partial charge is 0.462 e. The number of aryl methyl sites for hydroxylation is 2. The predicted octanol–water partition coefficient (Wildman–Crippen LogP) is 3.54. The zero-order chi connectivity index (χ0) is 16.4. The van der Waals surface area contributed by atoms with Gasteiger partial charge in [-0.1, -0.05) is 0 Å². The van der Waals surface area contributed by atoms with Crippen LogP contribution in [0.25, 0.3) is 0 Å². The second-order valence-corrected chi connectivity index (χ2v) is 6.45. The third-order valence-electron chi connectivity index (χ3n) is 3.81. The standard InChI is InChI=1S/C15H18N4O3S/c1-3-22-15(21)11-9-6-4-5-7-10(9)23-14(11)19-17-12-8(2)16-18-13(12)20/h3-7H2,1-2H3,(H2,16,18,20). The Kier molecular flexibility index (Phi) is 4.42. The van der Waals surface area contributed by atoms with Gasteiger partial charge in [-0.2, -0.15) is 0 Å². The van der Waals surface area contributed by atoms with Crippen LogP contribution in [-0.4, -0.2) is 22.8 Å². The fourth-order valence-electron chi connectivity index (χ4n) is 2.69. The second-order valence-electron chi connectivity index (χ2n) is 5.36. The summed E-state index contributed by atoms with van der Waals surface area (Å²) >= 11 is 1.47. The first-order valence-corrected chi connectivity index (χ1v) is 8.44. The van der Waals surface area contributed by atoms with Crippen LogP contribution in [0.2, 0.25) is 0 Å². The molecule has 0 saturated heterocycles. The third kappa shape index (κ3) is 2.98. The average molecular weight is 334 g/mol. The molecule has 7 nitrogen and oxygen atoms in total. The maximum absolute atomic E-state index is 12.3. The molecular weight excluding hydrogens is 316 g/mol. The molecule has 122 valence electrons. The Morgan fingerprint density at radius 3 is 2.74 bits per heavy atom. The number of nitrogens with one attached hydrogen (secondary N) is 2. The van der Waals surface area contributed by atoms with Gasteiger partial charge in [-0.15, -0.1) is 21.6 Å². The van der Waals surface area contributed by atoms with Gasteiger partial charge in [0.15, 0.2) is 10.7 Å². The second kappa shape index (κ2) is 6.49. The molecule has 3 rings (SSSR count). The van der Waals surface area contributed by atoms with Crippen molar-refractivity contribution in [3.63, 3.8) is 0 Å². The van der Waals surface area contributed by atoms with E-state index in [1.54, 1.807) is 13.8 Å². The van der Waals surface area contributed by atoms with Crippen LogP contribution in [0.3, 0.4) is 0 Å². The van der Waals surface area contributed by atoms with Gasteiger partial charge in [0.2, 0.25) is 0 Å². The number of thiophene rings is 1. The molecule has 0 aliphatic heterocycles. The van der Waals surface area contributed by atoms with Gasteiger partial charge in [-0.25, -0.2) is 4.79 Å². The van der Waals surface area contributed by atoms with Crippen molar-refractivity contribution >= 4 is 28.0 Å². The molecule has 0 atom stereocenters. The number of carbonyl (C=O) groups is 1. The Morgan fingerprint density at radius 1 is 1.26 bits per heavy atom. The number of aromatic amines is 2. The van der Waals surface area contributed by atoms with Crippen LogP contribution >= 0.6 is 11.3 Å². The van der Waals surface area contributed by atoms with Crippen molar-refractivity contribution in [2.45, 2.75) is 39.5 Å². The molecule has 0 aromatic carbocycles. The fourth-order valence-corrected chi connectivity index (χ4v) is 3.89. The summed E-state index contributed by atoms with van der Waals surface area (Å²) in [5, 5.41) is 13.9. The van der Waals surface area contributed by atoms with Gasteiger partial charge in [-0.3, -0.25) is 9.89 Å². The zero-order valence-electron chi connectivity index (χ0n) is 13.1. The van der Waals surface area contributed by atoms with Crippen molar-refractivity contribution in [3.05, 3.63) is 32.1 Å². The molecule has 1 aliphatic carbocycles. The topological polar surface area (TPSA) is 99.7 Å². The maximum atomic E-state index is 12.3. The lowest BCUT2D eigenvalue weighted by atomic mass is 9.95. The van der Waals surface area contributed by atoms with Crippen molar-refractivity contribution in [1.29, 1.82) is 0 Å². The molecule has 2 heterocycles. The summed E-state index contributed by atoms with van der Waals surface area (Å²) in [5.74, 6) is -0.361. The van der Waals surface area contributed by atoms with Gasteiger partial charge < -0.3 is 9.84 Å². The first-order valence-electron chi connectivity index (χ1n) is 7.62. The van der Waals surface area contributed by atoms with E-state index in [1.165, 1.54) is 16.2 Å². The summed E-state index contributed by atoms with van der Waals surface area (Å²) in [5.41, 5.74) is 2.06. The molecule has 0 saturated carbocycles. The van der Waals surface area contributed by atoms with E-state index in [0.29, 0.717) is 22.9 Å². The summed E-state index contributed by atoms with van der Waals surface area (Å²) in [4.78, 5) is 25.1. The summed E-state index contributed by atoms with van der Waals surface area (Å²) in [7, 11) is 0. The Balaban J connectivity index is 2.03. The predicted molar refractivity (Wildman–Crippen MR) is 87.2 cm³/mol. The van der Waals surface area contributed by atoms with Gasteiger partial charge in [0.05, 0.1) is 12.3 Å². The smallest absolute Gasteiger partial charge is 0.341 e. The van der Waals surface area contributed by atoms with Crippen LogP contribution in [0, 0.1) is 6.92 Å². The quantitative estimate of drug-likeness (QED) is 0.660. The molecule has 0 unspecified atom stereocenters. The molecular formula is C15H18N4O3S. The van der Waals surface area contributed by atoms with Gasteiger partial charge in [0.25, 0.3) is 5.56 Å². The first-order chi connectivity index (χ1) is 11.1. The van der Waals surface area contributed by atoms with E-state index >= 15 is 0 Å². The molecule has 0 bridgehead atoms. The van der Waals surface area contributed by atoms with E-state index in [0.717, 1.165) is 31.2 Å². The molecule has 0 radical (unpaired) electrons. The van der Waals surface area contributed by atoms with E-state index in [4.69, 9.17) is 4.74 Å². The lowest BCUT2D eigenvalue weighted by molar-refractivity contribution is 0.0526. The van der Waals surface area contributed by atoms with Crippen molar-refractivity contribution in [2.24, 2.45) is 10.2 Å². The Hall–Kier alpha value is -2.22. The number of fused-ring (bicyclic) bond motifs is 1. The molecule has 2 aromatic rings. The SMILES string of the molecule is CCOC(=O)c1c(N=Nc2c(C)[nH][nH]c2=O)sc2c1CCCC2. The van der Waals surface area contributed by atoms with Gasteiger partial charge in [0.1, 0.15) is 5.56 Å². The fraction of sp³-hybridized carbons (Fsp3) is 0.467. The summed E-state index contributed by atoms with van der Waals surface area (Å²) in [6.45, 7) is 3.83. The Labute approximate surface area is 136 Å². The van der Waals surface area contributed by atoms with Crippen molar-refractivity contribution in [2.75, 3.05) is 6.61 Å². The van der Waals surface area contributed by atoms with Crippen LogP contribution < -0.4 is 5.56 Å². The maximum Gasteiger partial charge on any atom is 0.341 e. The summed E-state index contributed by atoms with van der Waals surface area (Å²) < 4.78 is 5.17. The summed E-state index contributed by atoms with van der Waals surface area (Å²) in [6.07, 6.45) is 3.98. The van der Waals surface area contributed by atoms with E-state index in [1.807, 2.05) is 0 Å². The number of esters is 1. The van der Waals surface area contributed by atoms with E-state index in [-0.39, 0.29) is 17.2 Å². The van der Waals surface area contributed by atoms with E-state index < -0.39 is 0 Å². The zero-order valence-corrected chi connectivity index (χ0v) is 13.9. The minimum atomic E-state index is -0.361. The lowest BCUT2D eigenvalue weighted by Gasteiger charge is -2.11. The third-order valence-corrected chi connectivity index (χ3v) is 4.98. The molecule has 2 N–H and O–H groups in total. The highest BCUT2D eigenvalue weighted by molar-refractivity contribution is 7.16. The number of hydrogen-bond acceptors (Lipinski definition) is 6. The molecule has 1 aliphatic rings. The Morgan fingerprint density at radius 2 is 2.04 bits per heavy atom. The lowest BCUT2D eigenvalue weighted by Crippen LogP contribution is -2.09. The normalized spacial score (nSPS) is 14.2. The van der Waals surface area contributed by atoms with Crippen molar-refractivity contribution < 1.29 is 9.53 Å². The van der Waals surface area contributed by atoms with Crippen molar-refractivity contribution in [1.82, 2.24) is 10.2 Å². The highest BCUT2D eigenvalue weighted by atomic mass is 32.1. The number of H-pyrrole nitrogens is 2. The first kappa shape index (κ1) is 15.7. The molecule has 2 aromatic heterocycles. The van der Waals surface area contributed by atoms with E-state index in [2.05, 4.69) is 20.4 Å². The monoisotopic (exact) mass is 334 g/mol. The minimum Gasteiger partial charge on any atom is -0.462 e. The van der Waals surface area contributed by atoms with Crippen LogP contribution in [-0.2, 0) is 17.6 Å².